The first-order chi connectivity index (χ1) is 10.6. The number of hydrogen-bond donors (Lipinski definition) is 2. The van der Waals surface area contributed by atoms with Gasteiger partial charge in [0.2, 0.25) is 5.95 Å². The van der Waals surface area contributed by atoms with Gasteiger partial charge in [0.1, 0.15) is 11.6 Å². The van der Waals surface area contributed by atoms with Crippen molar-refractivity contribution < 1.29 is 4.74 Å². The highest BCUT2D eigenvalue weighted by Crippen LogP contribution is 2.28. The van der Waals surface area contributed by atoms with Gasteiger partial charge in [-0.25, -0.2) is 4.98 Å². The Morgan fingerprint density at radius 1 is 1.27 bits per heavy atom. The molecule has 2 N–H and O–H groups in total. The largest absolute Gasteiger partial charge is 0.489 e. The van der Waals surface area contributed by atoms with Gasteiger partial charge in [0.05, 0.1) is 11.8 Å². The molecule has 5 heteroatoms. The maximum atomic E-state index is 5.81. The summed E-state index contributed by atoms with van der Waals surface area (Å²) >= 11 is 0. The van der Waals surface area contributed by atoms with Gasteiger partial charge in [-0.05, 0) is 32.9 Å². The summed E-state index contributed by atoms with van der Waals surface area (Å²) in [4.78, 5) is 8.79. The van der Waals surface area contributed by atoms with Gasteiger partial charge in [-0.15, -0.1) is 6.58 Å². The lowest BCUT2D eigenvalue weighted by Crippen LogP contribution is -2.09. The molecule has 0 atom stereocenters. The van der Waals surface area contributed by atoms with E-state index in [0.717, 1.165) is 22.9 Å². The molecule has 1 aromatic carbocycles. The van der Waals surface area contributed by atoms with E-state index in [1.807, 2.05) is 51.1 Å². The Kier molecular flexibility index (Phi) is 5.36. The predicted molar refractivity (Wildman–Crippen MR) is 90.9 cm³/mol. The van der Waals surface area contributed by atoms with E-state index in [4.69, 9.17) is 4.74 Å². The Labute approximate surface area is 131 Å². The van der Waals surface area contributed by atoms with Crippen molar-refractivity contribution >= 4 is 17.5 Å². The quantitative estimate of drug-likeness (QED) is 0.759. The zero-order valence-corrected chi connectivity index (χ0v) is 13.3. The van der Waals surface area contributed by atoms with Gasteiger partial charge in [-0.3, -0.25) is 0 Å². The smallest absolute Gasteiger partial charge is 0.225 e. The Morgan fingerprint density at radius 2 is 2.05 bits per heavy atom. The van der Waals surface area contributed by atoms with Crippen molar-refractivity contribution in [3.63, 3.8) is 0 Å². The van der Waals surface area contributed by atoms with Gasteiger partial charge >= 0.3 is 0 Å². The van der Waals surface area contributed by atoms with Crippen molar-refractivity contribution in [1.82, 2.24) is 9.97 Å². The van der Waals surface area contributed by atoms with Gasteiger partial charge < -0.3 is 15.4 Å². The summed E-state index contributed by atoms with van der Waals surface area (Å²) in [5.41, 5.74) is 1.76. The van der Waals surface area contributed by atoms with E-state index in [9.17, 15) is 0 Å². The fraction of sp³-hybridized carbons (Fsp3) is 0.294. The summed E-state index contributed by atoms with van der Waals surface area (Å²) in [5.74, 6) is 2.10. The lowest BCUT2D eigenvalue weighted by Gasteiger charge is -2.15. The van der Waals surface area contributed by atoms with Gasteiger partial charge in [-0.2, -0.15) is 4.98 Å². The molecule has 2 aromatic rings. The molecule has 0 spiro atoms. The molecule has 0 amide bonds. The van der Waals surface area contributed by atoms with Crippen LogP contribution in [0.3, 0.4) is 0 Å². The van der Waals surface area contributed by atoms with Crippen molar-refractivity contribution in [2.45, 2.75) is 26.9 Å². The number of para-hydroxylation sites is 2. The number of hydrogen-bond acceptors (Lipinski definition) is 5. The molecule has 116 valence electrons. The highest BCUT2D eigenvalue weighted by molar-refractivity contribution is 5.64. The van der Waals surface area contributed by atoms with E-state index in [2.05, 4.69) is 27.2 Å². The summed E-state index contributed by atoms with van der Waals surface area (Å²) in [6.07, 6.45) is 1.88. The SMILES string of the molecule is C=CCNc1nc(C)cc(Nc2ccccc2OC(C)C)n1. The van der Waals surface area contributed by atoms with E-state index in [-0.39, 0.29) is 6.10 Å². The van der Waals surface area contributed by atoms with E-state index < -0.39 is 0 Å². The highest BCUT2D eigenvalue weighted by atomic mass is 16.5. The number of rotatable bonds is 7. The first-order valence-electron chi connectivity index (χ1n) is 7.31. The monoisotopic (exact) mass is 298 g/mol. The molecule has 0 saturated carbocycles. The van der Waals surface area contributed by atoms with Crippen LogP contribution in [0.15, 0.2) is 43.0 Å². The van der Waals surface area contributed by atoms with E-state index >= 15 is 0 Å². The Bertz CT molecular complexity index is 640. The zero-order valence-electron chi connectivity index (χ0n) is 13.3. The molecule has 0 radical (unpaired) electrons. The first kappa shape index (κ1) is 15.8. The molecule has 0 fully saturated rings. The summed E-state index contributed by atoms with van der Waals surface area (Å²) in [6, 6.07) is 9.70. The van der Waals surface area contributed by atoms with Gasteiger partial charge in [-0.1, -0.05) is 18.2 Å². The second-order valence-electron chi connectivity index (χ2n) is 5.18. The van der Waals surface area contributed by atoms with Crippen LogP contribution < -0.4 is 15.4 Å². The van der Waals surface area contributed by atoms with Crippen LogP contribution in [0.5, 0.6) is 5.75 Å². The topological polar surface area (TPSA) is 59.1 Å². The molecule has 5 nitrogen and oxygen atoms in total. The molecular weight excluding hydrogens is 276 g/mol. The molecule has 1 heterocycles. The van der Waals surface area contributed by atoms with Crippen molar-refractivity contribution in [2.75, 3.05) is 17.2 Å². The lowest BCUT2D eigenvalue weighted by molar-refractivity contribution is 0.244. The lowest BCUT2D eigenvalue weighted by atomic mass is 10.3. The molecule has 0 bridgehead atoms. The van der Waals surface area contributed by atoms with Crippen LogP contribution in [-0.4, -0.2) is 22.6 Å². The standard InChI is InChI=1S/C17H22N4O/c1-5-10-18-17-19-13(4)11-16(21-17)20-14-8-6-7-9-15(14)22-12(2)3/h5-9,11-12H,1,10H2,2-4H3,(H2,18,19,20,21). The molecule has 22 heavy (non-hydrogen) atoms. The average molecular weight is 298 g/mol. The maximum absolute atomic E-state index is 5.81. The number of aryl methyl sites for hydroxylation is 1. The van der Waals surface area contributed by atoms with Crippen molar-refractivity contribution in [3.8, 4) is 5.75 Å². The summed E-state index contributed by atoms with van der Waals surface area (Å²) < 4.78 is 5.81. The predicted octanol–water partition coefficient (Wildman–Crippen LogP) is 3.91. The number of nitrogens with one attached hydrogen (secondary N) is 2. The third kappa shape index (κ3) is 4.48. The molecule has 0 saturated heterocycles. The van der Waals surface area contributed by atoms with Gasteiger partial charge in [0, 0.05) is 18.3 Å². The van der Waals surface area contributed by atoms with Crippen LogP contribution in [0.1, 0.15) is 19.5 Å². The maximum Gasteiger partial charge on any atom is 0.225 e. The molecule has 0 aliphatic rings. The highest BCUT2D eigenvalue weighted by Gasteiger charge is 2.07. The van der Waals surface area contributed by atoms with Crippen LogP contribution in [0.4, 0.5) is 17.5 Å². The van der Waals surface area contributed by atoms with Crippen LogP contribution in [0.25, 0.3) is 0 Å². The fourth-order valence-corrected chi connectivity index (χ4v) is 1.94. The van der Waals surface area contributed by atoms with Crippen LogP contribution >= 0.6 is 0 Å². The number of aromatic nitrogens is 2. The molecule has 1 aromatic heterocycles. The Hall–Kier alpha value is -2.56. The second-order valence-corrected chi connectivity index (χ2v) is 5.18. The normalized spacial score (nSPS) is 10.4. The fourth-order valence-electron chi connectivity index (χ4n) is 1.94. The van der Waals surface area contributed by atoms with Crippen molar-refractivity contribution in [2.24, 2.45) is 0 Å². The summed E-state index contributed by atoms with van der Waals surface area (Å²) in [6.45, 7) is 10.2. The van der Waals surface area contributed by atoms with Crippen LogP contribution in [-0.2, 0) is 0 Å². The zero-order chi connectivity index (χ0) is 15.9. The number of ether oxygens (including phenoxy) is 1. The second kappa shape index (κ2) is 7.45. The minimum atomic E-state index is 0.111. The van der Waals surface area contributed by atoms with Gasteiger partial charge in [0.25, 0.3) is 0 Å². The number of anilines is 3. The summed E-state index contributed by atoms with van der Waals surface area (Å²) in [5, 5.41) is 6.39. The van der Waals surface area contributed by atoms with Crippen molar-refractivity contribution in [1.29, 1.82) is 0 Å². The van der Waals surface area contributed by atoms with E-state index in [0.29, 0.717) is 12.5 Å². The van der Waals surface area contributed by atoms with Crippen LogP contribution in [0.2, 0.25) is 0 Å². The molecule has 2 rings (SSSR count). The average Bonchev–Trinajstić information content (AvgIpc) is 2.46. The Morgan fingerprint density at radius 3 is 2.77 bits per heavy atom. The minimum Gasteiger partial charge on any atom is -0.489 e. The Balaban J connectivity index is 2.23. The number of nitrogens with zero attached hydrogens (tertiary/aromatic N) is 2. The van der Waals surface area contributed by atoms with E-state index in [1.165, 1.54) is 0 Å². The first-order valence-corrected chi connectivity index (χ1v) is 7.31. The molecular formula is C17H22N4O. The van der Waals surface area contributed by atoms with Crippen LogP contribution in [0, 0.1) is 6.92 Å². The third-order valence-corrected chi connectivity index (χ3v) is 2.77. The van der Waals surface area contributed by atoms with Crippen molar-refractivity contribution in [3.05, 3.63) is 48.7 Å². The summed E-state index contributed by atoms with van der Waals surface area (Å²) in [7, 11) is 0. The number of benzene rings is 1. The molecule has 0 unspecified atom stereocenters. The third-order valence-electron chi connectivity index (χ3n) is 2.77. The molecule has 0 aliphatic heterocycles. The van der Waals surface area contributed by atoms with E-state index in [1.54, 1.807) is 6.08 Å². The minimum absolute atomic E-state index is 0.111. The van der Waals surface area contributed by atoms with Gasteiger partial charge in [0.15, 0.2) is 0 Å². The molecule has 0 aliphatic carbocycles.